The first-order chi connectivity index (χ1) is 9.60. The highest BCUT2D eigenvalue weighted by molar-refractivity contribution is 6.31. The van der Waals surface area contributed by atoms with E-state index in [4.69, 9.17) is 21.1 Å². The number of benzene rings is 2. The molecule has 0 aliphatic rings. The maximum atomic E-state index is 11.8. The molecule has 2 aromatic rings. The van der Waals surface area contributed by atoms with Gasteiger partial charge in [-0.15, -0.1) is 0 Å². The summed E-state index contributed by atoms with van der Waals surface area (Å²) >= 11 is 6.04. The molecule has 0 aliphatic carbocycles. The van der Waals surface area contributed by atoms with E-state index in [1.54, 1.807) is 36.4 Å². The molecule has 0 saturated heterocycles. The second-order valence-electron chi connectivity index (χ2n) is 4.13. The van der Waals surface area contributed by atoms with Crippen molar-refractivity contribution in [2.24, 2.45) is 0 Å². The molecule has 5 heteroatoms. The molecular weight excluding hydrogens is 278 g/mol. The fraction of sp³-hybridized carbons (Fsp3) is 0.133. The van der Waals surface area contributed by atoms with Crippen LogP contribution in [0.4, 0.5) is 10.5 Å². The van der Waals surface area contributed by atoms with E-state index >= 15 is 0 Å². The molecule has 2 rings (SSSR count). The first-order valence-corrected chi connectivity index (χ1v) is 6.36. The van der Waals surface area contributed by atoms with Crippen LogP contribution < -0.4 is 14.8 Å². The number of anilines is 1. The summed E-state index contributed by atoms with van der Waals surface area (Å²) in [5.41, 5.74) is 1.33. The van der Waals surface area contributed by atoms with Gasteiger partial charge in [-0.25, -0.2) is 4.79 Å². The molecule has 2 aromatic carbocycles. The topological polar surface area (TPSA) is 47.6 Å². The molecule has 0 bridgehead atoms. The fourth-order valence-electron chi connectivity index (χ4n) is 1.65. The van der Waals surface area contributed by atoms with E-state index < -0.39 is 6.09 Å². The Hall–Kier alpha value is -2.20. The van der Waals surface area contributed by atoms with Crippen LogP contribution in [0.3, 0.4) is 0 Å². The third-order valence-corrected chi connectivity index (χ3v) is 3.08. The summed E-state index contributed by atoms with van der Waals surface area (Å²) in [6.45, 7) is 1.86. The number of methoxy groups -OCH3 is 1. The summed E-state index contributed by atoms with van der Waals surface area (Å²) in [5, 5.41) is 3.15. The van der Waals surface area contributed by atoms with Crippen LogP contribution in [0.5, 0.6) is 11.5 Å². The van der Waals surface area contributed by atoms with E-state index in [9.17, 15) is 4.79 Å². The SMILES string of the molecule is COc1cc(C)c(Cl)cc1NC(=O)Oc1ccccc1. The number of amides is 1. The molecule has 0 aromatic heterocycles. The molecule has 1 N–H and O–H groups in total. The molecule has 0 radical (unpaired) electrons. The molecule has 0 fully saturated rings. The summed E-state index contributed by atoms with van der Waals surface area (Å²) in [6, 6.07) is 12.2. The average molecular weight is 292 g/mol. The Kier molecular flexibility index (Phi) is 4.48. The Bertz CT molecular complexity index is 614. The second kappa shape index (κ2) is 6.30. The molecule has 0 aliphatic heterocycles. The Morgan fingerprint density at radius 2 is 1.90 bits per heavy atom. The van der Waals surface area contributed by atoms with Crippen LogP contribution in [0.1, 0.15) is 5.56 Å². The van der Waals surface area contributed by atoms with Crippen molar-refractivity contribution < 1.29 is 14.3 Å². The third kappa shape index (κ3) is 3.42. The quantitative estimate of drug-likeness (QED) is 0.919. The third-order valence-electron chi connectivity index (χ3n) is 2.67. The maximum Gasteiger partial charge on any atom is 0.417 e. The van der Waals surface area contributed by atoms with Gasteiger partial charge in [0.25, 0.3) is 0 Å². The number of hydrogen-bond donors (Lipinski definition) is 1. The molecular formula is C15H14ClNO3. The van der Waals surface area contributed by atoms with Crippen molar-refractivity contribution in [2.75, 3.05) is 12.4 Å². The van der Waals surface area contributed by atoms with Crippen LogP contribution in [-0.4, -0.2) is 13.2 Å². The predicted molar refractivity (Wildman–Crippen MR) is 78.8 cm³/mol. The Balaban J connectivity index is 2.13. The Morgan fingerprint density at radius 3 is 2.55 bits per heavy atom. The van der Waals surface area contributed by atoms with Gasteiger partial charge >= 0.3 is 6.09 Å². The number of rotatable bonds is 3. The van der Waals surface area contributed by atoms with E-state index in [0.29, 0.717) is 22.2 Å². The van der Waals surface area contributed by atoms with Crippen molar-refractivity contribution in [1.29, 1.82) is 0 Å². The van der Waals surface area contributed by atoms with Gasteiger partial charge in [-0.05, 0) is 36.8 Å². The number of halogens is 1. The van der Waals surface area contributed by atoms with Gasteiger partial charge in [0, 0.05) is 5.02 Å². The average Bonchev–Trinajstić information content (AvgIpc) is 2.43. The highest BCUT2D eigenvalue weighted by atomic mass is 35.5. The van der Waals surface area contributed by atoms with E-state index in [-0.39, 0.29) is 0 Å². The monoisotopic (exact) mass is 291 g/mol. The highest BCUT2D eigenvalue weighted by Crippen LogP contribution is 2.31. The molecule has 4 nitrogen and oxygen atoms in total. The largest absolute Gasteiger partial charge is 0.495 e. The molecule has 104 valence electrons. The van der Waals surface area contributed by atoms with Crippen molar-refractivity contribution in [3.05, 3.63) is 53.1 Å². The van der Waals surface area contributed by atoms with Crippen LogP contribution in [0.25, 0.3) is 0 Å². The number of aryl methyl sites for hydroxylation is 1. The number of carbonyl (C=O) groups is 1. The maximum absolute atomic E-state index is 11.8. The van der Waals surface area contributed by atoms with E-state index in [1.807, 2.05) is 13.0 Å². The number of carbonyl (C=O) groups excluding carboxylic acids is 1. The summed E-state index contributed by atoms with van der Waals surface area (Å²) in [6.07, 6.45) is -0.602. The van der Waals surface area contributed by atoms with Crippen LogP contribution >= 0.6 is 11.6 Å². The number of ether oxygens (including phenoxy) is 2. The lowest BCUT2D eigenvalue weighted by Gasteiger charge is -2.12. The van der Waals surface area contributed by atoms with Crippen LogP contribution in [0.2, 0.25) is 5.02 Å². The second-order valence-corrected chi connectivity index (χ2v) is 4.54. The molecule has 0 unspecified atom stereocenters. The minimum atomic E-state index is -0.602. The zero-order chi connectivity index (χ0) is 14.5. The minimum absolute atomic E-state index is 0.460. The lowest BCUT2D eigenvalue weighted by atomic mass is 10.2. The number of para-hydroxylation sites is 1. The normalized spacial score (nSPS) is 9.95. The fourth-order valence-corrected chi connectivity index (χ4v) is 1.82. The summed E-state index contributed by atoms with van der Waals surface area (Å²) in [5.74, 6) is 0.985. The predicted octanol–water partition coefficient (Wildman–Crippen LogP) is 4.27. The Morgan fingerprint density at radius 1 is 1.20 bits per heavy atom. The highest BCUT2D eigenvalue weighted by Gasteiger charge is 2.11. The van der Waals surface area contributed by atoms with Crippen molar-refractivity contribution in [3.63, 3.8) is 0 Å². The minimum Gasteiger partial charge on any atom is -0.495 e. The first-order valence-electron chi connectivity index (χ1n) is 5.98. The van der Waals surface area contributed by atoms with Gasteiger partial charge < -0.3 is 9.47 Å². The number of nitrogens with one attached hydrogen (secondary N) is 1. The zero-order valence-corrected chi connectivity index (χ0v) is 11.9. The van der Waals surface area contributed by atoms with E-state index in [2.05, 4.69) is 5.32 Å². The van der Waals surface area contributed by atoms with Crippen molar-refractivity contribution in [3.8, 4) is 11.5 Å². The Labute approximate surface area is 122 Å². The molecule has 0 atom stereocenters. The smallest absolute Gasteiger partial charge is 0.417 e. The van der Waals surface area contributed by atoms with Crippen molar-refractivity contribution in [1.82, 2.24) is 0 Å². The lowest BCUT2D eigenvalue weighted by molar-refractivity contribution is 0.215. The van der Waals surface area contributed by atoms with Gasteiger partial charge in [-0.3, -0.25) is 5.32 Å². The molecule has 0 saturated carbocycles. The number of hydrogen-bond acceptors (Lipinski definition) is 3. The van der Waals surface area contributed by atoms with Gasteiger partial charge in [0.1, 0.15) is 11.5 Å². The lowest BCUT2D eigenvalue weighted by Crippen LogP contribution is -2.17. The van der Waals surface area contributed by atoms with E-state index in [0.717, 1.165) is 5.56 Å². The van der Waals surface area contributed by atoms with Crippen molar-refractivity contribution >= 4 is 23.4 Å². The standard InChI is InChI=1S/C15H14ClNO3/c1-10-8-14(19-2)13(9-12(10)16)17-15(18)20-11-6-4-3-5-7-11/h3-9H,1-2H3,(H,17,18). The van der Waals surface area contributed by atoms with Gasteiger partial charge in [0.05, 0.1) is 12.8 Å². The molecule has 0 heterocycles. The zero-order valence-electron chi connectivity index (χ0n) is 11.1. The van der Waals surface area contributed by atoms with Crippen LogP contribution in [0.15, 0.2) is 42.5 Å². The van der Waals surface area contributed by atoms with Crippen LogP contribution in [0, 0.1) is 6.92 Å². The first kappa shape index (κ1) is 14.2. The van der Waals surface area contributed by atoms with Gasteiger partial charge in [-0.1, -0.05) is 29.8 Å². The summed E-state index contributed by atoms with van der Waals surface area (Å²) in [7, 11) is 1.52. The molecule has 20 heavy (non-hydrogen) atoms. The molecule has 1 amide bonds. The van der Waals surface area contributed by atoms with Gasteiger partial charge in [0.2, 0.25) is 0 Å². The van der Waals surface area contributed by atoms with Gasteiger partial charge in [-0.2, -0.15) is 0 Å². The van der Waals surface area contributed by atoms with Gasteiger partial charge in [0.15, 0.2) is 0 Å². The van der Waals surface area contributed by atoms with Crippen LogP contribution in [-0.2, 0) is 0 Å². The molecule has 0 spiro atoms. The van der Waals surface area contributed by atoms with Crippen molar-refractivity contribution in [2.45, 2.75) is 6.92 Å². The van der Waals surface area contributed by atoms with E-state index in [1.165, 1.54) is 7.11 Å². The summed E-state index contributed by atoms with van der Waals surface area (Å²) < 4.78 is 10.3. The summed E-state index contributed by atoms with van der Waals surface area (Å²) in [4.78, 5) is 11.8.